The predicted octanol–water partition coefficient (Wildman–Crippen LogP) is 5.43. The second-order valence-corrected chi connectivity index (χ2v) is 9.33. The summed E-state index contributed by atoms with van der Waals surface area (Å²) in [5.74, 6) is -0.300. The lowest BCUT2D eigenvalue weighted by Crippen LogP contribution is -2.49. The molecule has 0 spiro atoms. The van der Waals surface area contributed by atoms with Gasteiger partial charge in [0.05, 0.1) is 0 Å². The van der Waals surface area contributed by atoms with E-state index in [0.717, 1.165) is 37.1 Å². The average molecular weight is 478 g/mol. The van der Waals surface area contributed by atoms with Gasteiger partial charge in [-0.3, -0.25) is 0 Å². The van der Waals surface area contributed by atoms with Gasteiger partial charge in [-0.25, -0.2) is 9.18 Å². The number of likely N-dealkylation sites (N-methyl/N-ethyl adjacent to an activating group) is 1. The number of fused-ring (bicyclic) bond motifs is 1. The normalized spacial score (nSPS) is 19.8. The Morgan fingerprint density at radius 1 is 1.18 bits per heavy atom. The molecule has 33 heavy (non-hydrogen) atoms. The molecule has 2 aromatic rings. The van der Waals surface area contributed by atoms with E-state index < -0.39 is 5.60 Å². The Labute approximate surface area is 203 Å². The van der Waals surface area contributed by atoms with Crippen LogP contribution in [0.1, 0.15) is 49.3 Å². The highest BCUT2D eigenvalue weighted by Crippen LogP contribution is 2.48. The summed E-state index contributed by atoms with van der Waals surface area (Å²) in [7, 11) is 3.62. The Hall–Kier alpha value is -1.95. The molecule has 2 aromatic carbocycles. The molecule has 2 atom stereocenters. The van der Waals surface area contributed by atoms with Crippen LogP contribution in [0.2, 0.25) is 0 Å². The van der Waals surface area contributed by atoms with E-state index in [1.165, 1.54) is 18.7 Å². The number of hydrogen-bond acceptors (Lipinski definition) is 4. The number of esters is 1. The summed E-state index contributed by atoms with van der Waals surface area (Å²) in [6.45, 7) is 5.99. The highest BCUT2D eigenvalue weighted by Gasteiger charge is 2.47. The third kappa shape index (κ3) is 7.02. The van der Waals surface area contributed by atoms with Crippen molar-refractivity contribution in [2.24, 2.45) is 5.92 Å². The molecule has 3 rings (SSSR count). The van der Waals surface area contributed by atoms with Crippen molar-refractivity contribution in [2.75, 3.05) is 33.9 Å². The summed E-state index contributed by atoms with van der Waals surface area (Å²) in [5, 5.41) is 0. The van der Waals surface area contributed by atoms with Crippen molar-refractivity contribution in [3.8, 4) is 0 Å². The number of nitrogens with zero attached hydrogens (tertiary/aromatic N) is 1. The molecule has 6 heteroatoms. The zero-order valence-electron chi connectivity index (χ0n) is 20.2. The molecule has 0 aliphatic heterocycles. The molecule has 0 heterocycles. The summed E-state index contributed by atoms with van der Waals surface area (Å²) >= 11 is 0. The van der Waals surface area contributed by atoms with Gasteiger partial charge in [0, 0.05) is 32.5 Å². The van der Waals surface area contributed by atoms with Crippen molar-refractivity contribution in [1.29, 1.82) is 0 Å². The molecular weight excluding hydrogens is 441 g/mol. The molecule has 0 fully saturated rings. The van der Waals surface area contributed by atoms with Crippen molar-refractivity contribution >= 4 is 18.4 Å². The Kier molecular flexibility index (Phi) is 10.3. The SMILES string of the molecule is COCC(=O)O[C@@]1(CCN(C)CCc2ccccc2)CCc2cc(F)ccc2[C@H]1C(C)C.Cl. The van der Waals surface area contributed by atoms with Crippen molar-refractivity contribution in [3.63, 3.8) is 0 Å². The monoisotopic (exact) mass is 477 g/mol. The van der Waals surface area contributed by atoms with Crippen molar-refractivity contribution in [3.05, 3.63) is 71.0 Å². The van der Waals surface area contributed by atoms with Gasteiger partial charge < -0.3 is 14.4 Å². The van der Waals surface area contributed by atoms with Crippen molar-refractivity contribution in [1.82, 2.24) is 4.90 Å². The van der Waals surface area contributed by atoms with Crippen LogP contribution in [-0.4, -0.2) is 50.3 Å². The van der Waals surface area contributed by atoms with E-state index >= 15 is 0 Å². The van der Waals surface area contributed by atoms with E-state index in [0.29, 0.717) is 12.8 Å². The molecule has 0 radical (unpaired) electrons. The maximum atomic E-state index is 13.9. The van der Waals surface area contributed by atoms with E-state index in [2.05, 4.69) is 50.1 Å². The first-order valence-electron chi connectivity index (χ1n) is 11.6. The van der Waals surface area contributed by atoms with E-state index in [4.69, 9.17) is 9.47 Å². The van der Waals surface area contributed by atoms with Crippen LogP contribution in [0.5, 0.6) is 0 Å². The van der Waals surface area contributed by atoms with E-state index in [1.54, 1.807) is 6.07 Å². The number of halogens is 2. The Morgan fingerprint density at radius 3 is 2.58 bits per heavy atom. The third-order valence-corrected chi connectivity index (χ3v) is 6.61. The minimum atomic E-state index is -0.629. The number of hydrogen-bond donors (Lipinski definition) is 0. The van der Waals surface area contributed by atoms with Gasteiger partial charge in [-0.2, -0.15) is 0 Å². The van der Waals surface area contributed by atoms with Gasteiger partial charge in [-0.05, 0) is 61.1 Å². The second kappa shape index (κ2) is 12.5. The minimum Gasteiger partial charge on any atom is -0.457 e. The molecule has 0 bridgehead atoms. The lowest BCUT2D eigenvalue weighted by molar-refractivity contribution is -0.172. The van der Waals surface area contributed by atoms with E-state index in [1.807, 2.05) is 12.1 Å². The van der Waals surface area contributed by atoms with Crippen LogP contribution in [0.4, 0.5) is 4.39 Å². The molecule has 0 aromatic heterocycles. The van der Waals surface area contributed by atoms with Crippen LogP contribution in [-0.2, 0) is 27.1 Å². The molecule has 0 saturated heterocycles. The minimum absolute atomic E-state index is 0. The number of methoxy groups -OCH3 is 1. The number of benzene rings is 2. The Bertz CT molecular complexity index is 892. The fraction of sp³-hybridized carbons (Fsp3) is 0.519. The van der Waals surface area contributed by atoms with Crippen LogP contribution in [0, 0.1) is 11.7 Å². The lowest BCUT2D eigenvalue weighted by Gasteiger charge is -2.47. The summed E-state index contributed by atoms with van der Waals surface area (Å²) < 4.78 is 25.2. The van der Waals surface area contributed by atoms with Gasteiger partial charge in [-0.15, -0.1) is 12.4 Å². The van der Waals surface area contributed by atoms with Gasteiger partial charge in [0.15, 0.2) is 0 Å². The van der Waals surface area contributed by atoms with Gasteiger partial charge in [0.25, 0.3) is 0 Å². The molecule has 0 saturated carbocycles. The molecule has 0 amide bonds. The first-order chi connectivity index (χ1) is 15.3. The maximum Gasteiger partial charge on any atom is 0.332 e. The van der Waals surface area contributed by atoms with Crippen LogP contribution < -0.4 is 0 Å². The van der Waals surface area contributed by atoms with Gasteiger partial charge >= 0.3 is 5.97 Å². The first kappa shape index (κ1) is 27.3. The van der Waals surface area contributed by atoms with Crippen LogP contribution in [0.25, 0.3) is 0 Å². The zero-order valence-corrected chi connectivity index (χ0v) is 21.0. The number of aryl methyl sites for hydroxylation is 1. The van der Waals surface area contributed by atoms with E-state index in [-0.39, 0.29) is 42.6 Å². The fourth-order valence-corrected chi connectivity index (χ4v) is 5.12. The van der Waals surface area contributed by atoms with Crippen LogP contribution in [0.15, 0.2) is 48.5 Å². The maximum absolute atomic E-state index is 13.9. The molecule has 1 aliphatic carbocycles. The Morgan fingerprint density at radius 2 is 1.91 bits per heavy atom. The van der Waals surface area contributed by atoms with Crippen molar-refractivity contribution < 1.29 is 18.7 Å². The highest BCUT2D eigenvalue weighted by molar-refractivity contribution is 5.85. The van der Waals surface area contributed by atoms with Gasteiger partial charge in [0.1, 0.15) is 18.0 Å². The molecule has 0 N–H and O–H groups in total. The molecule has 1 aliphatic rings. The largest absolute Gasteiger partial charge is 0.457 e. The fourth-order valence-electron chi connectivity index (χ4n) is 5.12. The third-order valence-electron chi connectivity index (χ3n) is 6.61. The Balaban J connectivity index is 0.00000385. The highest BCUT2D eigenvalue weighted by atomic mass is 35.5. The second-order valence-electron chi connectivity index (χ2n) is 9.33. The molecule has 182 valence electrons. The number of ether oxygens (including phenoxy) is 2. The molecule has 0 unspecified atom stereocenters. The number of carbonyl (C=O) groups excluding carboxylic acids is 1. The lowest BCUT2D eigenvalue weighted by atomic mass is 9.65. The number of rotatable bonds is 10. The predicted molar refractivity (Wildman–Crippen MR) is 133 cm³/mol. The van der Waals surface area contributed by atoms with Gasteiger partial charge in [-0.1, -0.05) is 50.2 Å². The summed E-state index contributed by atoms with van der Waals surface area (Å²) in [5.41, 5.74) is 2.81. The summed E-state index contributed by atoms with van der Waals surface area (Å²) in [4.78, 5) is 14.9. The summed E-state index contributed by atoms with van der Waals surface area (Å²) in [6, 6.07) is 15.5. The van der Waals surface area contributed by atoms with Crippen molar-refractivity contribution in [2.45, 2.75) is 51.0 Å². The average Bonchev–Trinajstić information content (AvgIpc) is 2.77. The quantitative estimate of drug-likeness (QED) is 0.428. The standard InChI is InChI=1S/C27H36FNO3.ClH/c1-20(2)26-24-11-10-23(28)18-22(24)12-14-27(26,32-25(30)19-31-4)15-17-29(3)16-13-21-8-6-5-7-9-21;/h5-11,18,20,26H,12-17,19H2,1-4H3;1H/t26-,27-;/m1./s1. The topological polar surface area (TPSA) is 38.8 Å². The zero-order chi connectivity index (χ0) is 23.1. The first-order valence-corrected chi connectivity index (χ1v) is 11.6. The smallest absolute Gasteiger partial charge is 0.332 e. The van der Waals surface area contributed by atoms with E-state index in [9.17, 15) is 9.18 Å². The van der Waals surface area contributed by atoms with Crippen LogP contribution >= 0.6 is 12.4 Å². The number of carbonyl (C=O) groups is 1. The van der Waals surface area contributed by atoms with Crippen LogP contribution in [0.3, 0.4) is 0 Å². The van der Waals surface area contributed by atoms with Gasteiger partial charge in [0.2, 0.25) is 0 Å². The molecule has 4 nitrogen and oxygen atoms in total. The summed E-state index contributed by atoms with van der Waals surface area (Å²) in [6.07, 6.45) is 3.09. The molecular formula is C27H37ClFNO3.